The van der Waals surface area contributed by atoms with Crippen molar-refractivity contribution < 1.29 is 5.11 Å². The van der Waals surface area contributed by atoms with Crippen LogP contribution in [-0.2, 0) is 13.1 Å². The maximum absolute atomic E-state index is 11.8. The van der Waals surface area contributed by atoms with Gasteiger partial charge in [0, 0.05) is 37.3 Å². The molecule has 0 radical (unpaired) electrons. The van der Waals surface area contributed by atoms with Crippen molar-refractivity contribution in [3.05, 3.63) is 56.6 Å². The molecule has 0 amide bonds. The molecular weight excluding hydrogens is 296 g/mol. The number of rotatable bonds is 7. The first kappa shape index (κ1) is 16.9. The largest absolute Gasteiger partial charge is 0.389 e. The van der Waals surface area contributed by atoms with Gasteiger partial charge >= 0.3 is 4.87 Å². The van der Waals surface area contributed by atoms with E-state index in [0.29, 0.717) is 13.1 Å². The first-order valence-electron chi connectivity index (χ1n) is 7.49. The summed E-state index contributed by atoms with van der Waals surface area (Å²) in [6.07, 6.45) is 0. The fraction of sp³-hybridized carbons (Fsp3) is 0.471. The van der Waals surface area contributed by atoms with E-state index in [2.05, 4.69) is 17.0 Å². The van der Waals surface area contributed by atoms with Crippen LogP contribution in [0.1, 0.15) is 25.1 Å². The van der Waals surface area contributed by atoms with Crippen LogP contribution in [0.25, 0.3) is 0 Å². The minimum atomic E-state index is -0.760. The Hall–Kier alpha value is -1.43. The molecule has 0 fully saturated rings. The van der Waals surface area contributed by atoms with Gasteiger partial charge in [-0.15, -0.1) is 0 Å². The molecule has 1 N–H and O–H groups in total. The van der Waals surface area contributed by atoms with E-state index in [1.807, 2.05) is 44.4 Å². The lowest BCUT2D eigenvalue weighted by molar-refractivity contribution is 0.0322. The van der Waals surface area contributed by atoms with Crippen LogP contribution in [0.2, 0.25) is 0 Å². The van der Waals surface area contributed by atoms with Gasteiger partial charge in [-0.25, -0.2) is 0 Å². The second-order valence-electron chi connectivity index (χ2n) is 6.30. The Morgan fingerprint density at radius 3 is 2.50 bits per heavy atom. The van der Waals surface area contributed by atoms with Crippen LogP contribution < -0.4 is 4.87 Å². The quantitative estimate of drug-likeness (QED) is 0.852. The molecule has 4 nitrogen and oxygen atoms in total. The lowest BCUT2D eigenvalue weighted by atomic mass is 10.1. The van der Waals surface area contributed by atoms with Crippen molar-refractivity contribution in [1.29, 1.82) is 0 Å². The Morgan fingerprint density at radius 1 is 1.27 bits per heavy atom. The van der Waals surface area contributed by atoms with Gasteiger partial charge in [-0.3, -0.25) is 9.69 Å². The predicted molar refractivity (Wildman–Crippen MR) is 91.3 cm³/mol. The van der Waals surface area contributed by atoms with Gasteiger partial charge in [-0.2, -0.15) is 0 Å². The van der Waals surface area contributed by atoms with E-state index >= 15 is 0 Å². The van der Waals surface area contributed by atoms with Gasteiger partial charge in [0.15, 0.2) is 0 Å². The Bertz CT molecular complexity index is 641. The molecule has 0 saturated carbocycles. The summed E-state index contributed by atoms with van der Waals surface area (Å²) in [4.78, 5) is 14.1. The standard InChI is InChI=1S/C17H24N2O2S/c1-14-12-22-16(20)19(14)10-9-18(13-17(2,3)21)11-15-7-5-4-6-8-15/h4-8,12,21H,9-11,13H2,1-3H3. The van der Waals surface area contributed by atoms with Gasteiger partial charge in [0.25, 0.3) is 0 Å². The first-order valence-corrected chi connectivity index (χ1v) is 8.37. The van der Waals surface area contributed by atoms with Crippen molar-refractivity contribution >= 4 is 11.3 Å². The van der Waals surface area contributed by atoms with Crippen molar-refractivity contribution in [3.63, 3.8) is 0 Å². The predicted octanol–water partition coefficient (Wildman–Crippen LogP) is 2.49. The number of aliphatic hydroxyl groups is 1. The normalized spacial score (nSPS) is 12.0. The molecule has 0 atom stereocenters. The van der Waals surface area contributed by atoms with E-state index in [9.17, 15) is 9.90 Å². The Morgan fingerprint density at radius 2 is 1.95 bits per heavy atom. The van der Waals surface area contributed by atoms with Crippen LogP contribution in [0, 0.1) is 6.92 Å². The van der Waals surface area contributed by atoms with Gasteiger partial charge in [0.05, 0.1) is 5.60 Å². The van der Waals surface area contributed by atoms with E-state index in [-0.39, 0.29) is 4.87 Å². The molecule has 0 aliphatic rings. The maximum Gasteiger partial charge on any atom is 0.307 e. The molecule has 1 heterocycles. The molecule has 0 aliphatic carbocycles. The van der Waals surface area contributed by atoms with Crippen molar-refractivity contribution in [3.8, 4) is 0 Å². The zero-order valence-corrected chi connectivity index (χ0v) is 14.3. The highest BCUT2D eigenvalue weighted by Crippen LogP contribution is 2.11. The van der Waals surface area contributed by atoms with Crippen LogP contribution >= 0.6 is 11.3 Å². The zero-order chi connectivity index (χ0) is 16.2. The van der Waals surface area contributed by atoms with Crippen molar-refractivity contribution in [1.82, 2.24) is 9.47 Å². The van der Waals surface area contributed by atoms with E-state index in [1.165, 1.54) is 16.9 Å². The van der Waals surface area contributed by atoms with Gasteiger partial charge in [-0.05, 0) is 26.3 Å². The summed E-state index contributed by atoms with van der Waals surface area (Å²) >= 11 is 1.24. The van der Waals surface area contributed by atoms with Crippen molar-refractivity contribution in [2.75, 3.05) is 13.1 Å². The molecule has 2 rings (SSSR count). The number of nitrogens with zero attached hydrogens (tertiary/aromatic N) is 2. The summed E-state index contributed by atoms with van der Waals surface area (Å²) < 4.78 is 1.80. The molecule has 0 unspecified atom stereocenters. The first-order chi connectivity index (χ1) is 10.3. The van der Waals surface area contributed by atoms with E-state index in [4.69, 9.17) is 0 Å². The molecular formula is C17H24N2O2S. The average molecular weight is 320 g/mol. The molecule has 5 heteroatoms. The molecule has 120 valence electrons. The minimum Gasteiger partial charge on any atom is -0.389 e. The third kappa shape index (κ3) is 5.09. The number of thiazole rings is 1. The lowest BCUT2D eigenvalue weighted by Crippen LogP contribution is -2.40. The van der Waals surface area contributed by atoms with Crippen LogP contribution in [0.15, 0.2) is 40.5 Å². The summed E-state index contributed by atoms with van der Waals surface area (Å²) in [7, 11) is 0. The number of aryl methyl sites for hydroxylation is 1. The molecule has 1 aromatic carbocycles. The number of hydrogen-bond acceptors (Lipinski definition) is 4. The fourth-order valence-corrected chi connectivity index (χ4v) is 3.28. The number of benzene rings is 1. The summed E-state index contributed by atoms with van der Waals surface area (Å²) in [5.74, 6) is 0. The number of aromatic nitrogens is 1. The van der Waals surface area contributed by atoms with Crippen molar-refractivity contribution in [2.45, 2.75) is 39.5 Å². The van der Waals surface area contributed by atoms with Gasteiger partial charge < -0.3 is 9.67 Å². The van der Waals surface area contributed by atoms with E-state index < -0.39 is 5.60 Å². The van der Waals surface area contributed by atoms with Crippen LogP contribution in [0.4, 0.5) is 0 Å². The van der Waals surface area contributed by atoms with Crippen molar-refractivity contribution in [2.24, 2.45) is 0 Å². The molecule has 0 saturated heterocycles. The summed E-state index contributed by atoms with van der Waals surface area (Å²) in [5.41, 5.74) is 1.45. The lowest BCUT2D eigenvalue weighted by Gasteiger charge is -2.29. The summed E-state index contributed by atoms with van der Waals surface area (Å²) in [5, 5.41) is 12.0. The highest BCUT2D eigenvalue weighted by atomic mass is 32.1. The van der Waals surface area contributed by atoms with Gasteiger partial charge in [0.2, 0.25) is 0 Å². The third-order valence-electron chi connectivity index (χ3n) is 3.48. The molecule has 1 aromatic heterocycles. The van der Waals surface area contributed by atoms with E-state index in [0.717, 1.165) is 18.8 Å². The third-order valence-corrected chi connectivity index (χ3v) is 4.36. The molecule has 2 aromatic rings. The topological polar surface area (TPSA) is 45.5 Å². The molecule has 0 spiro atoms. The fourth-order valence-electron chi connectivity index (χ4n) is 2.52. The molecule has 22 heavy (non-hydrogen) atoms. The van der Waals surface area contributed by atoms with Crippen LogP contribution in [0.5, 0.6) is 0 Å². The highest BCUT2D eigenvalue weighted by molar-refractivity contribution is 7.07. The molecule has 0 bridgehead atoms. The summed E-state index contributed by atoms with van der Waals surface area (Å²) in [6.45, 7) is 8.30. The smallest absolute Gasteiger partial charge is 0.307 e. The maximum atomic E-state index is 11.8. The van der Waals surface area contributed by atoms with Gasteiger partial charge in [0.1, 0.15) is 0 Å². The SMILES string of the molecule is Cc1csc(=O)n1CCN(Cc1ccccc1)CC(C)(C)O. The van der Waals surface area contributed by atoms with Crippen LogP contribution in [0.3, 0.4) is 0 Å². The molecule has 0 aliphatic heterocycles. The second kappa shape index (κ2) is 7.22. The zero-order valence-electron chi connectivity index (χ0n) is 13.5. The highest BCUT2D eigenvalue weighted by Gasteiger charge is 2.19. The Kier molecular flexibility index (Phi) is 5.56. The monoisotopic (exact) mass is 320 g/mol. The minimum absolute atomic E-state index is 0.0837. The van der Waals surface area contributed by atoms with Crippen LogP contribution in [-0.4, -0.2) is 33.3 Å². The Labute approximate surface area is 135 Å². The second-order valence-corrected chi connectivity index (χ2v) is 7.12. The van der Waals surface area contributed by atoms with E-state index in [1.54, 1.807) is 4.57 Å². The number of hydrogen-bond donors (Lipinski definition) is 1. The van der Waals surface area contributed by atoms with Gasteiger partial charge in [-0.1, -0.05) is 41.7 Å². The Balaban J connectivity index is 2.06. The average Bonchev–Trinajstić information content (AvgIpc) is 2.75. The summed E-state index contributed by atoms with van der Waals surface area (Å²) in [6, 6.07) is 10.2.